The van der Waals surface area contributed by atoms with Crippen molar-refractivity contribution in [2.75, 3.05) is 0 Å². The summed E-state index contributed by atoms with van der Waals surface area (Å²) in [6.45, 7) is 0. The summed E-state index contributed by atoms with van der Waals surface area (Å²) in [6, 6.07) is 17.6. The average molecular weight is 408 g/mol. The van der Waals surface area contributed by atoms with Gasteiger partial charge in [-0.2, -0.15) is 0 Å². The minimum absolute atomic E-state index is 0.0446. The number of nitrogens with zero attached hydrogens (tertiary/aromatic N) is 1. The zero-order valence-corrected chi connectivity index (χ0v) is 16.1. The minimum Gasteiger partial charge on any atom is -0.480 e. The Hall–Kier alpha value is -3.38. The molecule has 0 aliphatic carbocycles. The van der Waals surface area contributed by atoms with Crippen LogP contribution in [0.25, 0.3) is 21.8 Å². The normalized spacial score (nSPS) is 12.2. The van der Waals surface area contributed by atoms with Crippen LogP contribution in [0.5, 0.6) is 0 Å². The van der Waals surface area contributed by atoms with Crippen molar-refractivity contribution in [1.82, 2.24) is 15.3 Å². The fourth-order valence-electron chi connectivity index (χ4n) is 3.39. The second-order valence-corrected chi connectivity index (χ2v) is 7.26. The van der Waals surface area contributed by atoms with Gasteiger partial charge in [-0.1, -0.05) is 54.1 Å². The van der Waals surface area contributed by atoms with Crippen molar-refractivity contribution in [3.8, 4) is 0 Å². The molecule has 146 valence electrons. The summed E-state index contributed by atoms with van der Waals surface area (Å²) >= 11 is 5.97. The first-order valence-electron chi connectivity index (χ1n) is 9.12. The van der Waals surface area contributed by atoms with E-state index in [1.807, 2.05) is 42.5 Å². The number of hydrogen-bond acceptors (Lipinski definition) is 3. The molecule has 0 saturated heterocycles. The Kier molecular flexibility index (Phi) is 5.18. The molecule has 3 N–H and O–H groups in total. The molecule has 0 saturated carbocycles. The van der Waals surface area contributed by atoms with Crippen molar-refractivity contribution in [1.29, 1.82) is 0 Å². The van der Waals surface area contributed by atoms with Gasteiger partial charge in [-0.3, -0.25) is 4.79 Å². The van der Waals surface area contributed by atoms with Gasteiger partial charge in [-0.25, -0.2) is 9.78 Å². The van der Waals surface area contributed by atoms with E-state index in [2.05, 4.69) is 15.3 Å². The minimum atomic E-state index is -1.12. The van der Waals surface area contributed by atoms with Gasteiger partial charge in [0.1, 0.15) is 11.9 Å². The Bertz CT molecular complexity index is 1210. The molecule has 0 fully saturated rings. The van der Waals surface area contributed by atoms with Gasteiger partial charge in [-0.15, -0.1) is 0 Å². The van der Waals surface area contributed by atoms with Crippen LogP contribution in [0.3, 0.4) is 0 Å². The molecule has 7 heteroatoms. The lowest BCUT2D eigenvalue weighted by Crippen LogP contribution is -2.43. The predicted molar refractivity (Wildman–Crippen MR) is 112 cm³/mol. The number of aromatic nitrogens is 2. The van der Waals surface area contributed by atoms with Crippen LogP contribution in [-0.4, -0.2) is 33.0 Å². The number of aromatic amines is 1. The van der Waals surface area contributed by atoms with Crippen molar-refractivity contribution >= 4 is 45.3 Å². The number of carbonyl (C=O) groups is 2. The number of imidazole rings is 1. The highest BCUT2D eigenvalue weighted by atomic mass is 35.5. The molecule has 4 rings (SSSR count). The maximum absolute atomic E-state index is 12.6. The number of carboxylic acids is 1. The molecule has 1 heterocycles. The fourth-order valence-corrected chi connectivity index (χ4v) is 3.56. The van der Waals surface area contributed by atoms with Crippen LogP contribution in [0, 0.1) is 0 Å². The highest BCUT2D eigenvalue weighted by Gasteiger charge is 2.22. The summed E-state index contributed by atoms with van der Waals surface area (Å²) in [4.78, 5) is 31.7. The second-order valence-electron chi connectivity index (χ2n) is 6.82. The zero-order chi connectivity index (χ0) is 20.4. The summed E-state index contributed by atoms with van der Waals surface area (Å²) in [6.07, 6.45) is 0.143. The van der Waals surface area contributed by atoms with E-state index in [0.717, 1.165) is 21.9 Å². The van der Waals surface area contributed by atoms with Crippen LogP contribution in [-0.2, 0) is 22.4 Å². The Balaban J connectivity index is 1.50. The molecule has 0 radical (unpaired) electrons. The third kappa shape index (κ3) is 4.22. The quantitative estimate of drug-likeness (QED) is 0.454. The monoisotopic (exact) mass is 407 g/mol. The van der Waals surface area contributed by atoms with E-state index in [0.29, 0.717) is 16.4 Å². The summed E-state index contributed by atoms with van der Waals surface area (Å²) < 4.78 is 0. The Labute approximate surface area is 171 Å². The van der Waals surface area contributed by atoms with E-state index in [1.165, 1.54) is 0 Å². The number of benzene rings is 3. The van der Waals surface area contributed by atoms with E-state index in [4.69, 9.17) is 11.6 Å². The van der Waals surface area contributed by atoms with Gasteiger partial charge in [-0.05, 0) is 34.5 Å². The van der Waals surface area contributed by atoms with Crippen LogP contribution in [0.15, 0.2) is 60.7 Å². The molecular formula is C22H18ClN3O3. The first-order chi connectivity index (χ1) is 14.0. The third-order valence-electron chi connectivity index (χ3n) is 4.75. The molecule has 4 aromatic rings. The standard InChI is InChI=1S/C22H18ClN3O3/c23-15-8-9-17-18(11-15)25-20(24-17)12-19(22(28)29)26-21(27)10-14-6-3-5-13-4-1-2-7-16(13)14/h1-9,11,19H,10,12H2,(H,24,25)(H,26,27)(H,28,29)/t19-/m1/s1. The molecular weight excluding hydrogens is 390 g/mol. The van der Waals surface area contributed by atoms with Gasteiger partial charge in [0.25, 0.3) is 0 Å². The maximum atomic E-state index is 12.6. The smallest absolute Gasteiger partial charge is 0.326 e. The molecule has 0 aliphatic heterocycles. The molecule has 0 aliphatic rings. The van der Waals surface area contributed by atoms with E-state index in [1.54, 1.807) is 18.2 Å². The highest BCUT2D eigenvalue weighted by molar-refractivity contribution is 6.31. The first-order valence-corrected chi connectivity index (χ1v) is 9.50. The summed E-state index contributed by atoms with van der Waals surface area (Å²) in [5, 5.41) is 14.7. The Morgan fingerprint density at radius 3 is 2.72 bits per heavy atom. The molecule has 1 aromatic heterocycles. The van der Waals surface area contributed by atoms with Crippen molar-refractivity contribution in [3.05, 3.63) is 77.1 Å². The average Bonchev–Trinajstić information content (AvgIpc) is 3.09. The predicted octanol–water partition coefficient (Wildman–Crippen LogP) is 3.72. The van der Waals surface area contributed by atoms with E-state index < -0.39 is 12.0 Å². The molecule has 1 amide bonds. The van der Waals surface area contributed by atoms with Crippen LogP contribution < -0.4 is 5.32 Å². The maximum Gasteiger partial charge on any atom is 0.326 e. The first kappa shape index (κ1) is 19.0. The zero-order valence-electron chi connectivity index (χ0n) is 15.4. The van der Waals surface area contributed by atoms with Crippen LogP contribution >= 0.6 is 11.6 Å². The largest absolute Gasteiger partial charge is 0.480 e. The number of carboxylic acid groups (broad SMARTS) is 1. The Morgan fingerprint density at radius 1 is 1.10 bits per heavy atom. The number of halogens is 1. The van der Waals surface area contributed by atoms with Gasteiger partial charge in [0.15, 0.2) is 0 Å². The molecule has 0 spiro atoms. The number of fused-ring (bicyclic) bond motifs is 2. The fraction of sp³-hybridized carbons (Fsp3) is 0.136. The second kappa shape index (κ2) is 7.93. The number of carbonyl (C=O) groups excluding carboxylic acids is 1. The summed E-state index contributed by atoms with van der Waals surface area (Å²) in [5.41, 5.74) is 2.26. The van der Waals surface area contributed by atoms with Crippen LogP contribution in [0.1, 0.15) is 11.4 Å². The van der Waals surface area contributed by atoms with Crippen LogP contribution in [0.2, 0.25) is 5.02 Å². The number of rotatable bonds is 6. The third-order valence-corrected chi connectivity index (χ3v) is 4.99. The van der Waals surface area contributed by atoms with Crippen molar-refractivity contribution in [2.24, 2.45) is 0 Å². The van der Waals surface area contributed by atoms with Gasteiger partial charge in [0.05, 0.1) is 17.5 Å². The molecule has 1 atom stereocenters. The highest BCUT2D eigenvalue weighted by Crippen LogP contribution is 2.20. The van der Waals surface area contributed by atoms with Crippen molar-refractivity contribution < 1.29 is 14.7 Å². The molecule has 0 unspecified atom stereocenters. The molecule has 6 nitrogen and oxygen atoms in total. The number of nitrogens with one attached hydrogen (secondary N) is 2. The number of amides is 1. The van der Waals surface area contributed by atoms with Crippen molar-refractivity contribution in [3.63, 3.8) is 0 Å². The summed E-state index contributed by atoms with van der Waals surface area (Å²) in [5.74, 6) is -0.997. The lowest BCUT2D eigenvalue weighted by Gasteiger charge is -2.14. The number of hydrogen-bond donors (Lipinski definition) is 3. The lowest BCUT2D eigenvalue weighted by molar-refractivity contribution is -0.141. The van der Waals surface area contributed by atoms with Gasteiger partial charge < -0.3 is 15.4 Å². The SMILES string of the molecule is O=C(Cc1cccc2ccccc12)N[C@H](Cc1nc2ccc(Cl)cc2[nH]1)C(=O)O. The van der Waals surface area contributed by atoms with E-state index >= 15 is 0 Å². The van der Waals surface area contributed by atoms with Gasteiger partial charge in [0.2, 0.25) is 5.91 Å². The molecule has 3 aromatic carbocycles. The molecule has 29 heavy (non-hydrogen) atoms. The van der Waals surface area contributed by atoms with Crippen LogP contribution in [0.4, 0.5) is 0 Å². The van der Waals surface area contributed by atoms with Gasteiger partial charge >= 0.3 is 5.97 Å². The topological polar surface area (TPSA) is 95.1 Å². The summed E-state index contributed by atoms with van der Waals surface area (Å²) in [7, 11) is 0. The van der Waals surface area contributed by atoms with E-state index in [-0.39, 0.29) is 18.7 Å². The Morgan fingerprint density at radius 2 is 1.90 bits per heavy atom. The lowest BCUT2D eigenvalue weighted by atomic mass is 10.0. The molecule has 0 bridgehead atoms. The van der Waals surface area contributed by atoms with Gasteiger partial charge in [0, 0.05) is 11.4 Å². The number of aliphatic carboxylic acids is 1. The van der Waals surface area contributed by atoms with Crippen molar-refractivity contribution in [2.45, 2.75) is 18.9 Å². The van der Waals surface area contributed by atoms with E-state index in [9.17, 15) is 14.7 Å². The number of H-pyrrole nitrogens is 1.